The van der Waals surface area contributed by atoms with Crippen molar-refractivity contribution >= 4 is 18.7 Å². The molecular formula is C10H15N3OS. The van der Waals surface area contributed by atoms with Crippen LogP contribution in [0.3, 0.4) is 0 Å². The summed E-state index contributed by atoms with van der Waals surface area (Å²) < 4.78 is 0. The third kappa shape index (κ3) is 1.84. The van der Waals surface area contributed by atoms with Crippen molar-refractivity contribution in [2.75, 3.05) is 25.9 Å². The zero-order chi connectivity index (χ0) is 10.8. The molecule has 5 heteroatoms. The molecule has 4 nitrogen and oxygen atoms in total. The Hall–Kier alpha value is -1.10. The maximum absolute atomic E-state index is 11.8. The standard InChI is InChI=1S/C10H15N3OS/c1-12-9(8-3-2-4-11-8)7-13(5-6-15)10(12)14/h2-4,9,11,15H,5-7H2,1H3. The van der Waals surface area contributed by atoms with Crippen LogP contribution in [0, 0.1) is 0 Å². The van der Waals surface area contributed by atoms with Crippen LogP contribution in [0.25, 0.3) is 0 Å². The summed E-state index contributed by atoms with van der Waals surface area (Å²) in [6.07, 6.45) is 1.88. The molecule has 0 aliphatic carbocycles. The van der Waals surface area contributed by atoms with Crippen LogP contribution in [0.2, 0.25) is 0 Å². The van der Waals surface area contributed by atoms with Crippen molar-refractivity contribution in [2.24, 2.45) is 0 Å². The van der Waals surface area contributed by atoms with Gasteiger partial charge in [0.2, 0.25) is 0 Å². The number of urea groups is 1. The number of H-pyrrole nitrogens is 1. The van der Waals surface area contributed by atoms with Gasteiger partial charge in [0.1, 0.15) is 0 Å². The normalized spacial score (nSPS) is 21.5. The molecule has 1 aliphatic rings. The van der Waals surface area contributed by atoms with Crippen molar-refractivity contribution < 1.29 is 4.79 Å². The first-order chi connectivity index (χ1) is 7.24. The quantitative estimate of drug-likeness (QED) is 0.749. The molecule has 0 spiro atoms. The van der Waals surface area contributed by atoms with Crippen LogP contribution in [0.5, 0.6) is 0 Å². The monoisotopic (exact) mass is 225 g/mol. The maximum atomic E-state index is 11.8. The van der Waals surface area contributed by atoms with Gasteiger partial charge in [-0.15, -0.1) is 0 Å². The van der Waals surface area contributed by atoms with Crippen molar-refractivity contribution in [1.29, 1.82) is 0 Å². The lowest BCUT2D eigenvalue weighted by molar-refractivity contribution is 0.197. The second-order valence-electron chi connectivity index (χ2n) is 3.70. The minimum Gasteiger partial charge on any atom is -0.363 e. The van der Waals surface area contributed by atoms with Crippen molar-refractivity contribution in [3.05, 3.63) is 24.0 Å². The molecule has 1 unspecified atom stereocenters. The molecule has 1 aromatic rings. The Morgan fingerprint density at radius 3 is 3.07 bits per heavy atom. The average molecular weight is 225 g/mol. The highest BCUT2D eigenvalue weighted by molar-refractivity contribution is 7.80. The van der Waals surface area contributed by atoms with Gasteiger partial charge in [-0.05, 0) is 12.1 Å². The number of likely N-dealkylation sites (N-methyl/N-ethyl adjacent to an activating group) is 1. The van der Waals surface area contributed by atoms with Crippen molar-refractivity contribution in [2.45, 2.75) is 6.04 Å². The molecule has 1 fully saturated rings. The fraction of sp³-hybridized carbons (Fsp3) is 0.500. The van der Waals surface area contributed by atoms with Crippen LogP contribution in [0.4, 0.5) is 4.79 Å². The number of rotatable bonds is 3. The average Bonchev–Trinajstić information content (AvgIpc) is 2.82. The summed E-state index contributed by atoms with van der Waals surface area (Å²) in [6, 6.07) is 4.20. The molecule has 1 aromatic heterocycles. The summed E-state index contributed by atoms with van der Waals surface area (Å²) >= 11 is 4.15. The number of amides is 2. The fourth-order valence-corrected chi connectivity index (χ4v) is 2.17. The van der Waals surface area contributed by atoms with E-state index in [-0.39, 0.29) is 12.1 Å². The van der Waals surface area contributed by atoms with E-state index >= 15 is 0 Å². The Labute approximate surface area is 94.7 Å². The van der Waals surface area contributed by atoms with Crippen molar-refractivity contribution in [1.82, 2.24) is 14.8 Å². The number of nitrogens with one attached hydrogen (secondary N) is 1. The summed E-state index contributed by atoms with van der Waals surface area (Å²) in [5.74, 6) is 0.705. The van der Waals surface area contributed by atoms with Gasteiger partial charge in [-0.25, -0.2) is 4.79 Å². The predicted molar refractivity (Wildman–Crippen MR) is 62.1 cm³/mol. The van der Waals surface area contributed by atoms with Gasteiger partial charge < -0.3 is 14.8 Å². The number of carbonyl (C=O) groups excluding carboxylic acids is 1. The molecule has 0 saturated carbocycles. The zero-order valence-corrected chi connectivity index (χ0v) is 9.58. The molecule has 2 amide bonds. The number of carbonyl (C=O) groups is 1. The van der Waals surface area contributed by atoms with Gasteiger partial charge in [-0.1, -0.05) is 0 Å². The SMILES string of the molecule is CN1C(=O)N(CCS)CC1c1ccc[nH]1. The van der Waals surface area contributed by atoms with Gasteiger partial charge in [-0.2, -0.15) is 12.6 Å². The molecule has 1 aliphatic heterocycles. The van der Waals surface area contributed by atoms with Crippen molar-refractivity contribution in [3.63, 3.8) is 0 Å². The molecule has 1 atom stereocenters. The summed E-state index contributed by atoms with van der Waals surface area (Å²) in [5, 5.41) is 0. The third-order valence-electron chi connectivity index (χ3n) is 2.78. The van der Waals surface area contributed by atoms with E-state index in [9.17, 15) is 4.79 Å². The smallest absolute Gasteiger partial charge is 0.320 e. The summed E-state index contributed by atoms with van der Waals surface area (Å²) in [6.45, 7) is 1.46. The van der Waals surface area contributed by atoms with Crippen LogP contribution in [0.15, 0.2) is 18.3 Å². The highest BCUT2D eigenvalue weighted by Gasteiger charge is 2.35. The topological polar surface area (TPSA) is 39.3 Å². The predicted octanol–water partition coefficient (Wildman–Crippen LogP) is 1.35. The second kappa shape index (κ2) is 4.18. The van der Waals surface area contributed by atoms with Crippen LogP contribution in [-0.4, -0.2) is 46.7 Å². The van der Waals surface area contributed by atoms with Gasteiger partial charge in [0, 0.05) is 37.8 Å². The molecule has 0 bridgehead atoms. The van der Waals surface area contributed by atoms with E-state index in [0.29, 0.717) is 12.3 Å². The second-order valence-corrected chi connectivity index (χ2v) is 4.15. The Morgan fingerprint density at radius 2 is 2.47 bits per heavy atom. The minimum absolute atomic E-state index is 0.0867. The summed E-state index contributed by atoms with van der Waals surface area (Å²) in [5.41, 5.74) is 1.09. The largest absolute Gasteiger partial charge is 0.363 e. The van der Waals surface area contributed by atoms with Crippen LogP contribution >= 0.6 is 12.6 Å². The molecule has 2 rings (SSSR count). The Kier molecular flexibility index (Phi) is 2.90. The lowest BCUT2D eigenvalue weighted by atomic mass is 10.2. The first kappa shape index (κ1) is 10.4. The fourth-order valence-electron chi connectivity index (χ4n) is 1.93. The lowest BCUT2D eigenvalue weighted by Gasteiger charge is -2.16. The Bertz CT molecular complexity index is 338. The van der Waals surface area contributed by atoms with Crippen LogP contribution in [0.1, 0.15) is 11.7 Å². The molecule has 1 saturated heterocycles. The van der Waals surface area contributed by atoms with Gasteiger partial charge in [0.15, 0.2) is 0 Å². The van der Waals surface area contributed by atoms with Crippen LogP contribution < -0.4 is 0 Å². The first-order valence-corrected chi connectivity index (χ1v) is 5.63. The van der Waals surface area contributed by atoms with E-state index < -0.39 is 0 Å². The molecular weight excluding hydrogens is 210 g/mol. The van der Waals surface area contributed by atoms with E-state index in [1.165, 1.54) is 0 Å². The van der Waals surface area contributed by atoms with Gasteiger partial charge >= 0.3 is 6.03 Å². The highest BCUT2D eigenvalue weighted by Crippen LogP contribution is 2.26. The zero-order valence-electron chi connectivity index (χ0n) is 8.68. The van der Waals surface area contributed by atoms with E-state index in [1.807, 2.05) is 30.3 Å². The summed E-state index contributed by atoms with van der Waals surface area (Å²) in [4.78, 5) is 18.6. The number of aromatic nitrogens is 1. The highest BCUT2D eigenvalue weighted by atomic mass is 32.1. The van der Waals surface area contributed by atoms with E-state index in [2.05, 4.69) is 17.6 Å². The minimum atomic E-state index is 0.0867. The molecule has 15 heavy (non-hydrogen) atoms. The number of nitrogens with zero attached hydrogens (tertiary/aromatic N) is 2. The van der Waals surface area contributed by atoms with E-state index in [0.717, 1.165) is 12.2 Å². The molecule has 82 valence electrons. The van der Waals surface area contributed by atoms with E-state index in [1.54, 1.807) is 4.90 Å². The molecule has 0 radical (unpaired) electrons. The molecule has 2 heterocycles. The summed E-state index contributed by atoms with van der Waals surface area (Å²) in [7, 11) is 1.84. The van der Waals surface area contributed by atoms with Crippen molar-refractivity contribution in [3.8, 4) is 0 Å². The number of aromatic amines is 1. The Morgan fingerprint density at radius 1 is 1.67 bits per heavy atom. The molecule has 1 N–H and O–H groups in total. The molecule has 0 aromatic carbocycles. The van der Waals surface area contributed by atoms with Gasteiger partial charge in [0.25, 0.3) is 0 Å². The number of hydrogen-bond donors (Lipinski definition) is 2. The van der Waals surface area contributed by atoms with Gasteiger partial charge in [0.05, 0.1) is 6.04 Å². The third-order valence-corrected chi connectivity index (χ3v) is 2.98. The Balaban J connectivity index is 2.13. The van der Waals surface area contributed by atoms with Gasteiger partial charge in [-0.3, -0.25) is 0 Å². The first-order valence-electron chi connectivity index (χ1n) is 5.00. The maximum Gasteiger partial charge on any atom is 0.320 e. The number of thiol groups is 1. The number of hydrogen-bond acceptors (Lipinski definition) is 2. The lowest BCUT2D eigenvalue weighted by Crippen LogP contribution is -2.31. The van der Waals surface area contributed by atoms with E-state index in [4.69, 9.17) is 0 Å². The van der Waals surface area contributed by atoms with Crippen LogP contribution in [-0.2, 0) is 0 Å².